The maximum atomic E-state index is 3.22. The van der Waals surface area contributed by atoms with Gasteiger partial charge in [-0.2, -0.15) is 0 Å². The Morgan fingerprint density at radius 2 is 2.29 bits per heavy atom. The topological polar surface area (TPSA) is 12.0 Å². The lowest BCUT2D eigenvalue weighted by molar-refractivity contribution is 0.711. The number of hydrogen-bond acceptors (Lipinski definition) is 1. The Labute approximate surface area is 46.1 Å². The molecule has 0 amide bonds. The quantitative estimate of drug-likeness (QED) is 0.524. The molecule has 1 radical (unpaired) electrons. The van der Waals surface area contributed by atoms with E-state index < -0.39 is 0 Å². The molecule has 0 fully saturated rings. The van der Waals surface area contributed by atoms with Crippen molar-refractivity contribution in [1.82, 2.24) is 5.32 Å². The number of hydrogen-bond donors (Lipinski definition) is 1. The lowest BCUT2D eigenvalue weighted by Gasteiger charge is -1.94. The van der Waals surface area contributed by atoms with Crippen molar-refractivity contribution in [1.29, 1.82) is 0 Å². The first-order chi connectivity index (χ1) is 3.41. The molecular weight excluding hydrogens is 86.1 g/mol. The highest BCUT2D eigenvalue weighted by Crippen LogP contribution is 1.78. The van der Waals surface area contributed by atoms with Gasteiger partial charge in [0, 0.05) is 0 Å². The van der Waals surface area contributed by atoms with Gasteiger partial charge < -0.3 is 5.32 Å². The summed E-state index contributed by atoms with van der Waals surface area (Å²) in [5.41, 5.74) is 0. The Morgan fingerprint density at radius 3 is 2.71 bits per heavy atom. The second kappa shape index (κ2) is 5.96. The summed E-state index contributed by atoms with van der Waals surface area (Å²) in [6.45, 7) is 6.42. The molecule has 0 spiro atoms. The molecule has 1 heteroatoms. The SMILES string of the molecule is C[CH]CCNCC. The van der Waals surface area contributed by atoms with Gasteiger partial charge in [0.2, 0.25) is 0 Å². The van der Waals surface area contributed by atoms with Gasteiger partial charge in [-0.25, -0.2) is 0 Å². The fourth-order valence-electron chi connectivity index (χ4n) is 0.423. The van der Waals surface area contributed by atoms with Crippen LogP contribution in [0, 0.1) is 6.42 Å². The molecule has 0 aliphatic carbocycles. The molecule has 0 saturated heterocycles. The minimum atomic E-state index is 1.09. The van der Waals surface area contributed by atoms with Crippen molar-refractivity contribution in [3.05, 3.63) is 6.42 Å². The highest BCUT2D eigenvalue weighted by atomic mass is 14.8. The van der Waals surface area contributed by atoms with Crippen LogP contribution in [0.25, 0.3) is 0 Å². The molecule has 0 atom stereocenters. The average Bonchev–Trinajstić information content (AvgIpc) is 1.69. The van der Waals surface area contributed by atoms with Crippen LogP contribution in [0.3, 0.4) is 0 Å². The Morgan fingerprint density at radius 1 is 1.57 bits per heavy atom. The van der Waals surface area contributed by atoms with Gasteiger partial charge in [-0.1, -0.05) is 13.8 Å². The first kappa shape index (κ1) is 6.96. The molecule has 0 aliphatic heterocycles. The second-order valence-electron chi connectivity index (χ2n) is 1.55. The summed E-state index contributed by atoms with van der Waals surface area (Å²) in [5.74, 6) is 0. The molecule has 0 heterocycles. The minimum Gasteiger partial charge on any atom is -0.317 e. The molecule has 43 valence electrons. The molecule has 1 nitrogen and oxygen atoms in total. The Kier molecular flexibility index (Phi) is 5.93. The van der Waals surface area contributed by atoms with E-state index in [1.807, 2.05) is 0 Å². The summed E-state index contributed by atoms with van der Waals surface area (Å²) in [6.07, 6.45) is 3.36. The fraction of sp³-hybridized carbons (Fsp3) is 0.833. The largest absolute Gasteiger partial charge is 0.317 e. The van der Waals surface area contributed by atoms with Gasteiger partial charge in [-0.3, -0.25) is 0 Å². The molecule has 0 aromatic heterocycles. The van der Waals surface area contributed by atoms with Crippen LogP contribution in [0.1, 0.15) is 20.3 Å². The van der Waals surface area contributed by atoms with Gasteiger partial charge in [-0.15, -0.1) is 0 Å². The van der Waals surface area contributed by atoms with Crippen molar-refractivity contribution < 1.29 is 0 Å². The van der Waals surface area contributed by atoms with Crippen LogP contribution in [-0.4, -0.2) is 13.1 Å². The van der Waals surface area contributed by atoms with Gasteiger partial charge in [0.15, 0.2) is 0 Å². The zero-order chi connectivity index (χ0) is 5.54. The van der Waals surface area contributed by atoms with Crippen LogP contribution in [0.5, 0.6) is 0 Å². The van der Waals surface area contributed by atoms with Gasteiger partial charge in [0.05, 0.1) is 0 Å². The smallest absolute Gasteiger partial charge is 0.00464 e. The summed E-state index contributed by atoms with van der Waals surface area (Å²) < 4.78 is 0. The van der Waals surface area contributed by atoms with Crippen LogP contribution < -0.4 is 5.32 Å². The molecule has 0 bridgehead atoms. The van der Waals surface area contributed by atoms with E-state index in [0.717, 1.165) is 13.1 Å². The van der Waals surface area contributed by atoms with Crippen molar-refractivity contribution in [3.8, 4) is 0 Å². The number of rotatable bonds is 4. The van der Waals surface area contributed by atoms with Crippen molar-refractivity contribution in [3.63, 3.8) is 0 Å². The molecule has 7 heavy (non-hydrogen) atoms. The van der Waals surface area contributed by atoms with Crippen LogP contribution in [0.15, 0.2) is 0 Å². The second-order valence-corrected chi connectivity index (χ2v) is 1.55. The van der Waals surface area contributed by atoms with Crippen LogP contribution >= 0.6 is 0 Å². The van der Waals surface area contributed by atoms with E-state index >= 15 is 0 Å². The first-order valence-electron chi connectivity index (χ1n) is 2.90. The van der Waals surface area contributed by atoms with Gasteiger partial charge in [0.25, 0.3) is 0 Å². The van der Waals surface area contributed by atoms with Gasteiger partial charge >= 0.3 is 0 Å². The predicted octanol–water partition coefficient (Wildman–Crippen LogP) is 1.21. The maximum absolute atomic E-state index is 3.22. The van der Waals surface area contributed by atoms with E-state index in [9.17, 15) is 0 Å². The molecule has 0 aromatic rings. The van der Waals surface area contributed by atoms with Crippen molar-refractivity contribution in [2.24, 2.45) is 0 Å². The number of nitrogens with one attached hydrogen (secondary N) is 1. The summed E-state index contributed by atoms with van der Waals surface area (Å²) >= 11 is 0. The van der Waals surface area contributed by atoms with Crippen molar-refractivity contribution in [2.45, 2.75) is 20.3 Å². The Bertz CT molecular complexity index is 23.4. The van der Waals surface area contributed by atoms with Gasteiger partial charge in [0.1, 0.15) is 0 Å². The Balaban J connectivity index is 2.45. The first-order valence-corrected chi connectivity index (χ1v) is 2.90. The average molecular weight is 100 g/mol. The van der Waals surface area contributed by atoms with Crippen molar-refractivity contribution >= 4 is 0 Å². The number of unbranched alkanes of at least 4 members (excludes halogenated alkanes) is 1. The van der Waals surface area contributed by atoms with E-state index in [2.05, 4.69) is 25.6 Å². The molecule has 0 rings (SSSR count). The lowest BCUT2D eigenvalue weighted by Crippen LogP contribution is -2.13. The minimum absolute atomic E-state index is 1.09. The third-order valence-electron chi connectivity index (χ3n) is 0.860. The standard InChI is InChI=1S/C6H14N/c1-3-5-6-7-4-2/h3,7H,4-6H2,1-2H3. The van der Waals surface area contributed by atoms with E-state index in [4.69, 9.17) is 0 Å². The highest BCUT2D eigenvalue weighted by molar-refractivity contribution is 4.56. The maximum Gasteiger partial charge on any atom is -0.00464 e. The summed E-state index contributed by atoms with van der Waals surface area (Å²) in [6, 6.07) is 0. The van der Waals surface area contributed by atoms with Crippen LogP contribution in [0.2, 0.25) is 0 Å². The summed E-state index contributed by atoms with van der Waals surface area (Å²) in [5, 5.41) is 3.22. The molecule has 0 unspecified atom stereocenters. The van der Waals surface area contributed by atoms with Gasteiger partial charge in [-0.05, 0) is 25.9 Å². The van der Waals surface area contributed by atoms with Crippen LogP contribution in [-0.2, 0) is 0 Å². The zero-order valence-electron chi connectivity index (χ0n) is 5.20. The lowest BCUT2D eigenvalue weighted by atomic mass is 10.3. The normalized spacial score (nSPS) is 9.43. The highest BCUT2D eigenvalue weighted by Gasteiger charge is 1.77. The Hall–Kier alpha value is -0.0400. The zero-order valence-corrected chi connectivity index (χ0v) is 5.20. The summed E-state index contributed by atoms with van der Waals surface area (Å²) in [4.78, 5) is 0. The van der Waals surface area contributed by atoms with Crippen molar-refractivity contribution in [2.75, 3.05) is 13.1 Å². The fourth-order valence-corrected chi connectivity index (χ4v) is 0.423. The molecule has 1 N–H and O–H groups in total. The molecule has 0 aliphatic rings. The molecule has 0 aromatic carbocycles. The predicted molar refractivity (Wildman–Crippen MR) is 33.1 cm³/mol. The van der Waals surface area contributed by atoms with E-state index in [1.165, 1.54) is 6.42 Å². The third-order valence-corrected chi connectivity index (χ3v) is 0.860. The third kappa shape index (κ3) is 5.96. The molecular formula is C6H14N. The monoisotopic (exact) mass is 100 g/mol. The summed E-state index contributed by atoms with van der Waals surface area (Å²) in [7, 11) is 0. The van der Waals surface area contributed by atoms with E-state index in [1.54, 1.807) is 0 Å². The van der Waals surface area contributed by atoms with E-state index in [0.29, 0.717) is 0 Å². The van der Waals surface area contributed by atoms with Crippen LogP contribution in [0.4, 0.5) is 0 Å². The molecule has 0 saturated carbocycles. The van der Waals surface area contributed by atoms with E-state index in [-0.39, 0.29) is 0 Å².